The SMILES string of the molecule is Cc1ccc2oc(-c3ccc(Cl)cc3)c(OCc3ccccc3F)c(=O)c2c1. The molecule has 0 aliphatic rings. The summed E-state index contributed by atoms with van der Waals surface area (Å²) in [7, 11) is 0. The number of benzene rings is 3. The minimum Gasteiger partial charge on any atom is -0.481 e. The van der Waals surface area contributed by atoms with Gasteiger partial charge < -0.3 is 9.15 Å². The third-order valence-electron chi connectivity index (χ3n) is 4.44. The molecule has 4 rings (SSSR count). The van der Waals surface area contributed by atoms with Gasteiger partial charge in [-0.15, -0.1) is 0 Å². The van der Waals surface area contributed by atoms with Crippen LogP contribution in [0.4, 0.5) is 4.39 Å². The van der Waals surface area contributed by atoms with Crippen molar-refractivity contribution in [1.82, 2.24) is 0 Å². The lowest BCUT2D eigenvalue weighted by molar-refractivity contribution is 0.292. The molecule has 3 aromatic carbocycles. The van der Waals surface area contributed by atoms with Crippen LogP contribution in [0.15, 0.2) is 75.9 Å². The van der Waals surface area contributed by atoms with E-state index in [1.54, 1.807) is 54.6 Å². The summed E-state index contributed by atoms with van der Waals surface area (Å²) in [5, 5.41) is 0.984. The second-order valence-electron chi connectivity index (χ2n) is 6.48. The Labute approximate surface area is 166 Å². The van der Waals surface area contributed by atoms with Gasteiger partial charge in [0.2, 0.25) is 11.2 Å². The summed E-state index contributed by atoms with van der Waals surface area (Å²) >= 11 is 5.98. The lowest BCUT2D eigenvalue weighted by atomic mass is 10.1. The summed E-state index contributed by atoms with van der Waals surface area (Å²) in [4.78, 5) is 13.1. The Kier molecular flexibility index (Phi) is 4.88. The second kappa shape index (κ2) is 7.49. The first kappa shape index (κ1) is 18.3. The maximum atomic E-state index is 14.0. The Bertz CT molecular complexity index is 1210. The van der Waals surface area contributed by atoms with Gasteiger partial charge in [-0.3, -0.25) is 4.79 Å². The zero-order chi connectivity index (χ0) is 19.7. The molecule has 1 heterocycles. The van der Waals surface area contributed by atoms with E-state index in [0.29, 0.717) is 27.1 Å². The van der Waals surface area contributed by atoms with Crippen LogP contribution in [0.2, 0.25) is 5.02 Å². The zero-order valence-corrected chi connectivity index (χ0v) is 15.8. The fourth-order valence-electron chi connectivity index (χ4n) is 2.98. The number of halogens is 2. The van der Waals surface area contributed by atoms with Crippen molar-refractivity contribution in [3.63, 3.8) is 0 Å². The van der Waals surface area contributed by atoms with Crippen LogP contribution in [-0.2, 0) is 6.61 Å². The smallest absolute Gasteiger partial charge is 0.235 e. The molecule has 0 N–H and O–H groups in total. The second-order valence-corrected chi connectivity index (χ2v) is 6.91. The van der Waals surface area contributed by atoms with E-state index < -0.39 is 5.82 Å². The van der Waals surface area contributed by atoms with Gasteiger partial charge in [0.05, 0.1) is 5.39 Å². The molecule has 0 amide bonds. The monoisotopic (exact) mass is 394 g/mol. The third kappa shape index (κ3) is 3.51. The molecule has 0 unspecified atom stereocenters. The fourth-order valence-corrected chi connectivity index (χ4v) is 3.11. The highest BCUT2D eigenvalue weighted by Crippen LogP contribution is 2.32. The number of hydrogen-bond acceptors (Lipinski definition) is 3. The first-order chi connectivity index (χ1) is 13.5. The summed E-state index contributed by atoms with van der Waals surface area (Å²) in [6, 6.07) is 18.6. The maximum absolute atomic E-state index is 14.0. The number of ether oxygens (including phenoxy) is 1. The van der Waals surface area contributed by atoms with E-state index in [1.165, 1.54) is 6.07 Å². The van der Waals surface area contributed by atoms with Crippen LogP contribution in [0.25, 0.3) is 22.3 Å². The molecule has 4 aromatic rings. The minimum absolute atomic E-state index is 0.0451. The molecule has 0 aliphatic heterocycles. The highest BCUT2D eigenvalue weighted by Gasteiger charge is 2.18. The maximum Gasteiger partial charge on any atom is 0.235 e. The molecule has 0 saturated heterocycles. The molecule has 0 spiro atoms. The summed E-state index contributed by atoms with van der Waals surface area (Å²) in [5.41, 5.74) is 2.09. The average molecular weight is 395 g/mol. The molecule has 5 heteroatoms. The minimum atomic E-state index is -0.392. The Morgan fingerprint density at radius 3 is 2.54 bits per heavy atom. The summed E-state index contributed by atoms with van der Waals surface area (Å²) in [5.74, 6) is -0.0606. The predicted octanol–water partition coefficient (Wildman–Crippen LogP) is 6.14. The van der Waals surface area contributed by atoms with Crippen molar-refractivity contribution < 1.29 is 13.5 Å². The molecule has 0 bridgehead atoms. The van der Waals surface area contributed by atoms with Gasteiger partial charge in [0, 0.05) is 16.1 Å². The van der Waals surface area contributed by atoms with Gasteiger partial charge in [-0.25, -0.2) is 4.39 Å². The third-order valence-corrected chi connectivity index (χ3v) is 4.69. The van der Waals surface area contributed by atoms with Crippen molar-refractivity contribution in [2.24, 2.45) is 0 Å². The molecule has 0 radical (unpaired) electrons. The zero-order valence-electron chi connectivity index (χ0n) is 15.0. The summed E-state index contributed by atoms with van der Waals surface area (Å²) in [6.07, 6.45) is 0. The molecular formula is C23H16ClFO3. The normalized spacial score (nSPS) is 11.0. The standard InChI is InChI=1S/C23H16ClFO3/c1-14-6-11-20-18(12-14)21(26)23(27-13-16-4-2-3-5-19(16)25)22(28-20)15-7-9-17(24)10-8-15/h2-12H,13H2,1H3. The van der Waals surface area contributed by atoms with E-state index in [4.69, 9.17) is 20.8 Å². The Balaban J connectivity index is 1.87. The molecule has 3 nitrogen and oxygen atoms in total. The number of rotatable bonds is 4. The molecule has 0 fully saturated rings. The Morgan fingerprint density at radius 1 is 1.04 bits per heavy atom. The van der Waals surface area contributed by atoms with Crippen LogP contribution >= 0.6 is 11.6 Å². The van der Waals surface area contributed by atoms with E-state index >= 15 is 0 Å². The van der Waals surface area contributed by atoms with Crippen LogP contribution in [0.5, 0.6) is 5.75 Å². The quantitative estimate of drug-likeness (QED) is 0.417. The van der Waals surface area contributed by atoms with Gasteiger partial charge in [-0.2, -0.15) is 0 Å². The Morgan fingerprint density at radius 2 is 1.79 bits per heavy atom. The average Bonchev–Trinajstić information content (AvgIpc) is 2.69. The first-order valence-corrected chi connectivity index (χ1v) is 9.10. The molecule has 1 aromatic heterocycles. The van der Waals surface area contributed by atoms with E-state index in [-0.39, 0.29) is 23.5 Å². The van der Waals surface area contributed by atoms with Gasteiger partial charge in [0.15, 0.2) is 5.76 Å². The molecule has 140 valence electrons. The number of aryl methyl sites for hydroxylation is 1. The number of hydrogen-bond donors (Lipinski definition) is 0. The van der Waals surface area contributed by atoms with E-state index in [0.717, 1.165) is 5.56 Å². The van der Waals surface area contributed by atoms with Crippen LogP contribution < -0.4 is 10.2 Å². The van der Waals surface area contributed by atoms with Gasteiger partial charge in [-0.1, -0.05) is 41.4 Å². The van der Waals surface area contributed by atoms with Crippen molar-refractivity contribution in [1.29, 1.82) is 0 Å². The van der Waals surface area contributed by atoms with Gasteiger partial charge in [0.1, 0.15) is 18.0 Å². The van der Waals surface area contributed by atoms with Crippen molar-refractivity contribution in [3.05, 3.63) is 98.9 Å². The molecule has 0 aliphatic carbocycles. The molecular weight excluding hydrogens is 379 g/mol. The van der Waals surface area contributed by atoms with Crippen LogP contribution in [0.1, 0.15) is 11.1 Å². The lowest BCUT2D eigenvalue weighted by Gasteiger charge is -2.12. The van der Waals surface area contributed by atoms with Crippen LogP contribution in [-0.4, -0.2) is 0 Å². The highest BCUT2D eigenvalue weighted by atomic mass is 35.5. The van der Waals surface area contributed by atoms with Crippen molar-refractivity contribution >= 4 is 22.6 Å². The van der Waals surface area contributed by atoms with Crippen molar-refractivity contribution in [2.45, 2.75) is 13.5 Å². The van der Waals surface area contributed by atoms with E-state index in [2.05, 4.69) is 0 Å². The number of fused-ring (bicyclic) bond motifs is 1. The molecule has 0 atom stereocenters. The van der Waals surface area contributed by atoms with Gasteiger partial charge in [0.25, 0.3) is 0 Å². The largest absolute Gasteiger partial charge is 0.481 e. The van der Waals surface area contributed by atoms with Crippen molar-refractivity contribution in [3.8, 4) is 17.1 Å². The molecule has 28 heavy (non-hydrogen) atoms. The van der Waals surface area contributed by atoms with Crippen LogP contribution in [0, 0.1) is 12.7 Å². The van der Waals surface area contributed by atoms with E-state index in [9.17, 15) is 9.18 Å². The van der Waals surface area contributed by atoms with Crippen molar-refractivity contribution in [2.75, 3.05) is 0 Å². The fraction of sp³-hybridized carbons (Fsp3) is 0.0870. The highest BCUT2D eigenvalue weighted by molar-refractivity contribution is 6.30. The van der Waals surface area contributed by atoms with Gasteiger partial charge in [-0.05, 0) is 49.4 Å². The lowest BCUT2D eigenvalue weighted by Crippen LogP contribution is -2.11. The van der Waals surface area contributed by atoms with Crippen LogP contribution in [0.3, 0.4) is 0 Å². The summed E-state index contributed by atoms with van der Waals surface area (Å²) in [6.45, 7) is 1.81. The topological polar surface area (TPSA) is 39.4 Å². The van der Waals surface area contributed by atoms with E-state index in [1.807, 2.05) is 13.0 Å². The van der Waals surface area contributed by atoms with Gasteiger partial charge >= 0.3 is 0 Å². The molecule has 0 saturated carbocycles. The Hall–Kier alpha value is -3.11. The first-order valence-electron chi connectivity index (χ1n) is 8.72. The predicted molar refractivity (Wildman–Crippen MR) is 108 cm³/mol. The summed E-state index contributed by atoms with van der Waals surface area (Å²) < 4.78 is 25.8.